The highest BCUT2D eigenvalue weighted by molar-refractivity contribution is 5.71. The van der Waals surface area contributed by atoms with Crippen LogP contribution in [0.1, 0.15) is 278 Å². The summed E-state index contributed by atoms with van der Waals surface area (Å²) in [7, 11) is 0. The quantitative estimate of drug-likeness (QED) is 0.0263. The first kappa shape index (κ1) is 56.9. The molecule has 1 unspecified atom stereocenters. The minimum Gasteiger partial charge on any atom is -0.462 e. The van der Waals surface area contributed by atoms with E-state index in [-0.39, 0.29) is 37.5 Å². The zero-order chi connectivity index (χ0) is 43.0. The predicted octanol–water partition coefficient (Wildman–Crippen LogP) is 16.8. The largest absolute Gasteiger partial charge is 0.462 e. The Balaban J connectivity index is 4.39. The smallest absolute Gasteiger partial charge is 0.306 e. The van der Waals surface area contributed by atoms with Gasteiger partial charge in [-0.2, -0.15) is 0 Å². The van der Waals surface area contributed by atoms with Crippen molar-refractivity contribution < 1.29 is 28.6 Å². The van der Waals surface area contributed by atoms with Crippen LogP contribution in [0.15, 0.2) is 24.3 Å². The Morgan fingerprint density at radius 2 is 0.644 bits per heavy atom. The van der Waals surface area contributed by atoms with Crippen LogP contribution in [0.3, 0.4) is 0 Å². The van der Waals surface area contributed by atoms with Gasteiger partial charge in [-0.1, -0.05) is 244 Å². The van der Waals surface area contributed by atoms with Gasteiger partial charge in [-0.15, -0.1) is 0 Å². The van der Waals surface area contributed by atoms with Crippen LogP contribution < -0.4 is 0 Å². The molecule has 0 rings (SSSR count). The fourth-order valence-electron chi connectivity index (χ4n) is 7.56. The number of hydrogen-bond acceptors (Lipinski definition) is 6. The molecule has 0 aliphatic heterocycles. The summed E-state index contributed by atoms with van der Waals surface area (Å²) in [5.41, 5.74) is 0. The normalized spacial score (nSPS) is 12.1. The molecular weight excluding hydrogens is 733 g/mol. The summed E-state index contributed by atoms with van der Waals surface area (Å²) >= 11 is 0. The van der Waals surface area contributed by atoms with Gasteiger partial charge in [0.05, 0.1) is 0 Å². The highest BCUT2D eigenvalue weighted by Gasteiger charge is 2.19. The van der Waals surface area contributed by atoms with Gasteiger partial charge in [0, 0.05) is 19.3 Å². The zero-order valence-corrected chi connectivity index (χ0v) is 39.5. The second-order valence-corrected chi connectivity index (χ2v) is 17.4. The summed E-state index contributed by atoms with van der Waals surface area (Å²) in [6.07, 6.45) is 54.6. The first-order valence-corrected chi connectivity index (χ1v) is 25.8. The summed E-state index contributed by atoms with van der Waals surface area (Å²) in [5, 5.41) is 0. The lowest BCUT2D eigenvalue weighted by Crippen LogP contribution is -2.30. The number of unbranched alkanes of at least 4 members (excludes halogenated alkanes) is 32. The highest BCUT2D eigenvalue weighted by atomic mass is 16.6. The topological polar surface area (TPSA) is 78.9 Å². The van der Waals surface area contributed by atoms with Crippen molar-refractivity contribution >= 4 is 17.9 Å². The Kier molecular flexibility index (Phi) is 46.8. The fourth-order valence-corrected chi connectivity index (χ4v) is 7.56. The van der Waals surface area contributed by atoms with Gasteiger partial charge in [-0.25, -0.2) is 0 Å². The average molecular weight is 831 g/mol. The summed E-state index contributed by atoms with van der Waals surface area (Å²) in [5.74, 6) is -0.943. The van der Waals surface area contributed by atoms with Crippen molar-refractivity contribution in [3.8, 4) is 0 Å². The molecule has 0 aliphatic rings. The number of ether oxygens (including phenoxy) is 3. The van der Waals surface area contributed by atoms with Crippen LogP contribution in [0, 0.1) is 0 Å². The summed E-state index contributed by atoms with van der Waals surface area (Å²) in [6.45, 7) is 6.61. The molecule has 0 aliphatic carbocycles. The van der Waals surface area contributed by atoms with Crippen LogP contribution in [-0.4, -0.2) is 37.2 Å². The molecule has 0 fully saturated rings. The van der Waals surface area contributed by atoms with E-state index in [9.17, 15) is 14.4 Å². The third kappa shape index (κ3) is 46.8. The van der Waals surface area contributed by atoms with Crippen molar-refractivity contribution in [2.45, 2.75) is 284 Å². The molecule has 0 spiro atoms. The SMILES string of the molecule is CCCCCCCC/C=C/C/C=C/CCC(=O)OC(COC(=O)CCCCCCCCCCCCCCC)COC(=O)CCCCCCCCCCCCCCCCC. The molecule has 0 heterocycles. The Labute approximate surface area is 366 Å². The van der Waals surface area contributed by atoms with Crippen molar-refractivity contribution in [1.82, 2.24) is 0 Å². The molecule has 346 valence electrons. The predicted molar refractivity (Wildman–Crippen MR) is 252 cm³/mol. The van der Waals surface area contributed by atoms with Gasteiger partial charge in [-0.05, 0) is 38.5 Å². The molecule has 1 atom stereocenters. The van der Waals surface area contributed by atoms with Gasteiger partial charge < -0.3 is 14.2 Å². The maximum absolute atomic E-state index is 12.7. The maximum Gasteiger partial charge on any atom is 0.306 e. The lowest BCUT2D eigenvalue weighted by atomic mass is 10.0. The third-order valence-electron chi connectivity index (χ3n) is 11.5. The Morgan fingerprint density at radius 1 is 0.339 bits per heavy atom. The summed E-state index contributed by atoms with van der Waals surface area (Å²) in [4.78, 5) is 37.9. The number of carbonyl (C=O) groups excluding carboxylic acids is 3. The van der Waals surface area contributed by atoms with Crippen molar-refractivity contribution in [2.75, 3.05) is 13.2 Å². The van der Waals surface area contributed by atoms with E-state index in [0.29, 0.717) is 19.3 Å². The van der Waals surface area contributed by atoms with Crippen LogP contribution in [0.4, 0.5) is 0 Å². The first-order valence-electron chi connectivity index (χ1n) is 25.8. The number of carbonyl (C=O) groups is 3. The van der Waals surface area contributed by atoms with Gasteiger partial charge in [0.25, 0.3) is 0 Å². The van der Waals surface area contributed by atoms with E-state index in [1.807, 2.05) is 6.08 Å². The fraction of sp³-hybridized carbons (Fsp3) is 0.868. The highest BCUT2D eigenvalue weighted by Crippen LogP contribution is 2.16. The molecule has 0 saturated heterocycles. The second kappa shape index (κ2) is 48.6. The van der Waals surface area contributed by atoms with Crippen molar-refractivity contribution in [3.63, 3.8) is 0 Å². The molecule has 0 aromatic rings. The lowest BCUT2D eigenvalue weighted by Gasteiger charge is -2.18. The van der Waals surface area contributed by atoms with E-state index in [1.54, 1.807) is 0 Å². The number of esters is 3. The number of hydrogen-bond donors (Lipinski definition) is 0. The molecule has 0 amide bonds. The average Bonchev–Trinajstić information content (AvgIpc) is 3.23. The minimum atomic E-state index is -0.794. The van der Waals surface area contributed by atoms with Crippen LogP contribution in [0.5, 0.6) is 0 Å². The molecule has 0 bridgehead atoms. The number of allylic oxidation sites excluding steroid dienone is 4. The Hall–Kier alpha value is -2.11. The van der Waals surface area contributed by atoms with Crippen molar-refractivity contribution in [3.05, 3.63) is 24.3 Å². The molecule has 6 heteroatoms. The molecule has 0 radical (unpaired) electrons. The Bertz CT molecular complexity index is 958. The van der Waals surface area contributed by atoms with Gasteiger partial charge in [0.2, 0.25) is 0 Å². The molecule has 6 nitrogen and oxygen atoms in total. The minimum absolute atomic E-state index is 0.0887. The van der Waals surface area contributed by atoms with Gasteiger partial charge in [0.1, 0.15) is 13.2 Å². The van der Waals surface area contributed by atoms with E-state index >= 15 is 0 Å². The molecule has 0 aromatic carbocycles. The maximum atomic E-state index is 12.7. The summed E-state index contributed by atoms with van der Waals surface area (Å²) < 4.78 is 16.7. The Morgan fingerprint density at radius 3 is 1.00 bits per heavy atom. The standard InChI is InChI=1S/C53H98O6/c1-4-7-10-13-16-19-22-25-26-29-31-34-37-40-43-46-52(55)58-49-50(59-53(56)47-44-41-38-35-32-28-24-21-18-15-12-9-6-3)48-57-51(54)45-42-39-36-33-30-27-23-20-17-14-11-8-5-2/h28,32,38,41,50H,4-27,29-31,33-37,39-40,42-49H2,1-3H3/b32-28+,41-38+. The molecule has 59 heavy (non-hydrogen) atoms. The van der Waals surface area contributed by atoms with E-state index < -0.39 is 6.10 Å². The van der Waals surface area contributed by atoms with Gasteiger partial charge in [0.15, 0.2) is 6.10 Å². The monoisotopic (exact) mass is 831 g/mol. The van der Waals surface area contributed by atoms with Gasteiger partial charge in [-0.3, -0.25) is 14.4 Å². The van der Waals surface area contributed by atoms with E-state index in [0.717, 1.165) is 51.4 Å². The lowest BCUT2D eigenvalue weighted by molar-refractivity contribution is -0.166. The second-order valence-electron chi connectivity index (χ2n) is 17.4. The van der Waals surface area contributed by atoms with Crippen LogP contribution >= 0.6 is 0 Å². The molecule has 0 N–H and O–H groups in total. The van der Waals surface area contributed by atoms with Crippen LogP contribution in [0.25, 0.3) is 0 Å². The van der Waals surface area contributed by atoms with Crippen LogP contribution in [-0.2, 0) is 28.6 Å². The van der Waals surface area contributed by atoms with E-state index in [4.69, 9.17) is 14.2 Å². The van der Waals surface area contributed by atoms with Gasteiger partial charge >= 0.3 is 17.9 Å². The molecule has 0 saturated carbocycles. The van der Waals surface area contributed by atoms with Crippen molar-refractivity contribution in [1.29, 1.82) is 0 Å². The first-order chi connectivity index (χ1) is 29.0. The summed E-state index contributed by atoms with van der Waals surface area (Å²) in [6, 6.07) is 0. The molecular formula is C53H98O6. The van der Waals surface area contributed by atoms with E-state index in [2.05, 4.69) is 39.0 Å². The number of rotatable bonds is 47. The third-order valence-corrected chi connectivity index (χ3v) is 11.5. The molecule has 0 aromatic heterocycles. The van der Waals surface area contributed by atoms with E-state index in [1.165, 1.54) is 180 Å². The van der Waals surface area contributed by atoms with Crippen LogP contribution in [0.2, 0.25) is 0 Å². The van der Waals surface area contributed by atoms with Crippen molar-refractivity contribution in [2.24, 2.45) is 0 Å². The zero-order valence-electron chi connectivity index (χ0n) is 39.5.